The molecule has 0 aliphatic carbocycles. The molecule has 0 saturated heterocycles. The molecule has 112 valence electrons. The van der Waals surface area contributed by atoms with Crippen molar-refractivity contribution < 1.29 is 4.79 Å². The molecule has 0 spiro atoms. The molecule has 0 fully saturated rings. The van der Waals surface area contributed by atoms with Gasteiger partial charge in [0.1, 0.15) is 6.54 Å². The summed E-state index contributed by atoms with van der Waals surface area (Å²) < 4.78 is 1.29. The Labute approximate surface area is 126 Å². The van der Waals surface area contributed by atoms with Crippen molar-refractivity contribution in [1.29, 1.82) is 0 Å². The van der Waals surface area contributed by atoms with Crippen LogP contribution in [0.3, 0.4) is 0 Å². The quantitative estimate of drug-likeness (QED) is 0.763. The highest BCUT2D eigenvalue weighted by Gasteiger charge is 2.10. The molecule has 0 saturated carbocycles. The number of nitrogens with one attached hydrogen (secondary N) is 2. The van der Waals surface area contributed by atoms with Gasteiger partial charge in [-0.2, -0.15) is 5.10 Å². The number of aromatic amines is 1. The van der Waals surface area contributed by atoms with E-state index in [0.29, 0.717) is 16.7 Å². The molecule has 3 rings (SSSR count). The van der Waals surface area contributed by atoms with Crippen LogP contribution in [0.15, 0.2) is 35.4 Å². The average Bonchev–Trinajstić information content (AvgIpc) is 2.88. The second-order valence-corrected chi connectivity index (χ2v) is 5.13. The van der Waals surface area contributed by atoms with Crippen LogP contribution in [-0.2, 0) is 11.3 Å². The molecular weight excluding hydrogens is 282 g/mol. The van der Waals surface area contributed by atoms with Gasteiger partial charge in [-0.25, -0.2) is 4.98 Å². The summed E-state index contributed by atoms with van der Waals surface area (Å²) in [5.74, 6) is 0.0996. The summed E-state index contributed by atoms with van der Waals surface area (Å²) >= 11 is 0. The number of nitrogens with zero attached hydrogens (tertiary/aromatic N) is 3. The Morgan fingerprint density at radius 1 is 1.36 bits per heavy atom. The third-order valence-corrected chi connectivity index (χ3v) is 3.34. The number of hydrogen-bond donors (Lipinski definition) is 2. The number of carbonyl (C=O) groups excluding carboxylic acids is 1. The Balaban J connectivity index is 1.86. The Morgan fingerprint density at radius 3 is 2.91 bits per heavy atom. The summed E-state index contributed by atoms with van der Waals surface area (Å²) in [5.41, 5.74) is 2.20. The number of benzene rings is 1. The number of aryl methyl sites for hydroxylation is 2. The standard InChI is InChI=1S/C15H15N5O2/c1-9-4-3-5-11-14(9)16-8-20(15(11)22)7-13(21)17-12-6-10(2)18-19-12/h3-6,8H,7H2,1-2H3,(H2,17,18,19,21). The highest BCUT2D eigenvalue weighted by atomic mass is 16.2. The maximum Gasteiger partial charge on any atom is 0.261 e. The molecule has 1 aromatic carbocycles. The molecule has 0 unspecified atom stereocenters. The Morgan fingerprint density at radius 2 is 2.18 bits per heavy atom. The van der Waals surface area contributed by atoms with E-state index in [1.165, 1.54) is 10.9 Å². The summed E-state index contributed by atoms with van der Waals surface area (Å²) in [6, 6.07) is 7.12. The lowest BCUT2D eigenvalue weighted by Crippen LogP contribution is -2.28. The van der Waals surface area contributed by atoms with E-state index >= 15 is 0 Å². The molecular formula is C15H15N5O2. The largest absolute Gasteiger partial charge is 0.308 e. The van der Waals surface area contributed by atoms with E-state index in [9.17, 15) is 9.59 Å². The molecule has 7 heteroatoms. The van der Waals surface area contributed by atoms with Gasteiger partial charge in [-0.3, -0.25) is 19.3 Å². The van der Waals surface area contributed by atoms with Crippen LogP contribution in [0.2, 0.25) is 0 Å². The molecule has 0 aliphatic rings. The van der Waals surface area contributed by atoms with Gasteiger partial charge in [0, 0.05) is 11.8 Å². The van der Waals surface area contributed by atoms with Crippen LogP contribution in [0.4, 0.5) is 5.82 Å². The first-order chi connectivity index (χ1) is 10.5. The summed E-state index contributed by atoms with van der Waals surface area (Å²) in [5, 5.41) is 9.79. The molecule has 22 heavy (non-hydrogen) atoms. The molecule has 0 aliphatic heterocycles. The molecule has 7 nitrogen and oxygen atoms in total. The minimum Gasteiger partial charge on any atom is -0.308 e. The fourth-order valence-corrected chi connectivity index (χ4v) is 2.27. The summed E-state index contributed by atoms with van der Waals surface area (Å²) in [6.07, 6.45) is 1.40. The van der Waals surface area contributed by atoms with E-state index in [1.54, 1.807) is 18.2 Å². The first kappa shape index (κ1) is 14.0. The minimum atomic E-state index is -0.331. The van der Waals surface area contributed by atoms with Gasteiger partial charge in [-0.1, -0.05) is 12.1 Å². The van der Waals surface area contributed by atoms with E-state index < -0.39 is 0 Å². The van der Waals surface area contributed by atoms with Gasteiger partial charge in [-0.15, -0.1) is 0 Å². The zero-order valence-electron chi connectivity index (χ0n) is 12.3. The Hall–Kier alpha value is -2.96. The smallest absolute Gasteiger partial charge is 0.261 e. The van der Waals surface area contributed by atoms with Crippen LogP contribution in [0, 0.1) is 13.8 Å². The Kier molecular flexibility index (Phi) is 3.46. The van der Waals surface area contributed by atoms with Crippen LogP contribution in [0.1, 0.15) is 11.3 Å². The highest BCUT2D eigenvalue weighted by Crippen LogP contribution is 2.11. The van der Waals surface area contributed by atoms with E-state index in [-0.39, 0.29) is 18.0 Å². The van der Waals surface area contributed by atoms with Crippen LogP contribution in [0.5, 0.6) is 0 Å². The normalized spacial score (nSPS) is 10.8. The zero-order chi connectivity index (χ0) is 15.7. The van der Waals surface area contributed by atoms with Gasteiger partial charge in [0.25, 0.3) is 5.56 Å². The monoisotopic (exact) mass is 297 g/mol. The van der Waals surface area contributed by atoms with Crippen LogP contribution < -0.4 is 10.9 Å². The second-order valence-electron chi connectivity index (χ2n) is 5.13. The predicted molar refractivity (Wildman–Crippen MR) is 82.7 cm³/mol. The van der Waals surface area contributed by atoms with Crippen molar-refractivity contribution in [2.45, 2.75) is 20.4 Å². The minimum absolute atomic E-state index is 0.110. The molecule has 2 N–H and O–H groups in total. The molecule has 1 amide bonds. The van der Waals surface area contributed by atoms with Crippen molar-refractivity contribution in [1.82, 2.24) is 19.7 Å². The molecule has 3 aromatic rings. The third kappa shape index (κ3) is 2.60. The number of amides is 1. The van der Waals surface area contributed by atoms with Crippen molar-refractivity contribution in [3.8, 4) is 0 Å². The van der Waals surface area contributed by atoms with Gasteiger partial charge in [-0.05, 0) is 25.5 Å². The molecule has 2 aromatic heterocycles. The summed E-state index contributed by atoms with van der Waals surface area (Å²) in [4.78, 5) is 28.7. The molecule has 2 heterocycles. The number of H-pyrrole nitrogens is 1. The second kappa shape index (κ2) is 5.44. The maximum absolute atomic E-state index is 12.4. The van der Waals surface area contributed by atoms with Crippen LogP contribution >= 0.6 is 0 Å². The van der Waals surface area contributed by atoms with E-state index in [0.717, 1.165) is 11.3 Å². The number of hydrogen-bond acceptors (Lipinski definition) is 4. The summed E-state index contributed by atoms with van der Waals surface area (Å²) in [7, 11) is 0. The Bertz CT molecular complexity index is 910. The lowest BCUT2D eigenvalue weighted by Gasteiger charge is -2.07. The van der Waals surface area contributed by atoms with E-state index in [4.69, 9.17) is 0 Å². The third-order valence-electron chi connectivity index (χ3n) is 3.34. The van der Waals surface area contributed by atoms with Gasteiger partial charge in [0.15, 0.2) is 5.82 Å². The lowest BCUT2D eigenvalue weighted by atomic mass is 10.1. The zero-order valence-corrected chi connectivity index (χ0v) is 12.3. The predicted octanol–water partition coefficient (Wildman–Crippen LogP) is 1.38. The van der Waals surface area contributed by atoms with Crippen molar-refractivity contribution >= 4 is 22.6 Å². The fourth-order valence-electron chi connectivity index (χ4n) is 2.27. The number of anilines is 1. The highest BCUT2D eigenvalue weighted by molar-refractivity contribution is 5.89. The van der Waals surface area contributed by atoms with Gasteiger partial charge < -0.3 is 5.32 Å². The van der Waals surface area contributed by atoms with Crippen LogP contribution in [0.25, 0.3) is 10.9 Å². The molecule has 0 radical (unpaired) electrons. The SMILES string of the molecule is Cc1cc(NC(=O)Cn2cnc3c(C)cccc3c2=O)n[nH]1. The number of fused-ring (bicyclic) bond motifs is 1. The number of rotatable bonds is 3. The van der Waals surface area contributed by atoms with Crippen molar-refractivity contribution in [3.63, 3.8) is 0 Å². The molecule has 0 atom stereocenters. The fraction of sp³-hybridized carbons (Fsp3) is 0.200. The number of carbonyl (C=O) groups is 1. The van der Waals surface area contributed by atoms with Crippen molar-refractivity contribution in [2.75, 3.05) is 5.32 Å². The van der Waals surface area contributed by atoms with Crippen molar-refractivity contribution in [2.24, 2.45) is 0 Å². The van der Waals surface area contributed by atoms with Crippen molar-refractivity contribution in [3.05, 3.63) is 52.2 Å². The van der Waals surface area contributed by atoms with Gasteiger partial charge in [0.2, 0.25) is 5.91 Å². The topological polar surface area (TPSA) is 92.7 Å². The molecule has 0 bridgehead atoms. The number of para-hydroxylation sites is 1. The lowest BCUT2D eigenvalue weighted by molar-refractivity contribution is -0.116. The average molecular weight is 297 g/mol. The summed E-state index contributed by atoms with van der Waals surface area (Å²) in [6.45, 7) is 3.62. The first-order valence-electron chi connectivity index (χ1n) is 6.81. The van der Waals surface area contributed by atoms with Gasteiger partial charge >= 0.3 is 0 Å². The number of aromatic nitrogens is 4. The maximum atomic E-state index is 12.4. The van der Waals surface area contributed by atoms with E-state index in [1.807, 2.05) is 19.9 Å². The van der Waals surface area contributed by atoms with Gasteiger partial charge in [0.05, 0.1) is 17.2 Å². The van der Waals surface area contributed by atoms with Crippen LogP contribution in [-0.4, -0.2) is 25.7 Å². The first-order valence-corrected chi connectivity index (χ1v) is 6.81. The van der Waals surface area contributed by atoms with E-state index in [2.05, 4.69) is 20.5 Å².